The number of nitrogens with one attached hydrogen (secondary N) is 1. The van der Waals surface area contributed by atoms with Crippen molar-refractivity contribution in [3.8, 4) is 0 Å². The molecule has 1 aromatic carbocycles. The van der Waals surface area contributed by atoms with Crippen LogP contribution in [0.2, 0.25) is 0 Å². The third kappa shape index (κ3) is 8.87. The molecule has 0 spiro atoms. The maximum absolute atomic E-state index is 13.4. The van der Waals surface area contributed by atoms with Gasteiger partial charge in [0.1, 0.15) is 0 Å². The van der Waals surface area contributed by atoms with Crippen molar-refractivity contribution in [2.45, 2.75) is 135 Å². The van der Waals surface area contributed by atoms with E-state index in [-0.39, 0.29) is 17.9 Å². The zero-order valence-corrected chi connectivity index (χ0v) is 25.1. The van der Waals surface area contributed by atoms with Crippen LogP contribution in [-0.2, 0) is 16.8 Å². The molecule has 3 rings (SSSR count). The molecule has 0 aliphatic heterocycles. The summed E-state index contributed by atoms with van der Waals surface area (Å²) in [5.41, 5.74) is 2.94. The Morgan fingerprint density at radius 3 is 2.10 bits per heavy atom. The number of carbonyl (C=O) groups is 1. The largest absolute Gasteiger partial charge is 0.325 e. The molecule has 1 N–H and O–H groups in total. The van der Waals surface area contributed by atoms with Gasteiger partial charge < -0.3 is 5.32 Å². The van der Waals surface area contributed by atoms with Gasteiger partial charge in [0, 0.05) is 5.69 Å². The standard InChI is InChI=1S/C33H51N5O/c1-6-7-8-9-10-11-12-13-14-16-22-33(23-17-15-18-24-33)38-30(35-36-37-38)25-31(39)34-32-28(26(2)3)20-19-21-29(32)27(4)5/h15,17-21,23,26-27H,6-14,16,22,24-25H2,1-5H3,(H,34,39). The summed E-state index contributed by atoms with van der Waals surface area (Å²) in [5.74, 6) is 1.17. The maximum atomic E-state index is 13.4. The van der Waals surface area contributed by atoms with Crippen LogP contribution >= 0.6 is 0 Å². The van der Waals surface area contributed by atoms with Crippen LogP contribution in [0.25, 0.3) is 0 Å². The van der Waals surface area contributed by atoms with E-state index in [1.807, 2.05) is 4.68 Å². The first kappa shape index (κ1) is 30.8. The highest BCUT2D eigenvalue weighted by atomic mass is 16.1. The molecule has 1 aliphatic carbocycles. The van der Waals surface area contributed by atoms with E-state index >= 15 is 0 Å². The first-order valence-corrected chi connectivity index (χ1v) is 15.4. The van der Waals surface area contributed by atoms with Crippen LogP contribution in [0.1, 0.15) is 140 Å². The number of para-hydroxylation sites is 1. The highest BCUT2D eigenvalue weighted by Gasteiger charge is 2.33. The van der Waals surface area contributed by atoms with E-state index in [4.69, 9.17) is 0 Å². The van der Waals surface area contributed by atoms with Crippen LogP contribution in [-0.4, -0.2) is 26.1 Å². The first-order valence-electron chi connectivity index (χ1n) is 15.4. The lowest BCUT2D eigenvalue weighted by molar-refractivity contribution is -0.115. The topological polar surface area (TPSA) is 72.7 Å². The number of amides is 1. The minimum absolute atomic E-state index is 0.0783. The summed E-state index contributed by atoms with van der Waals surface area (Å²) in [5, 5.41) is 16.0. The molecule has 6 nitrogen and oxygen atoms in total. The molecule has 39 heavy (non-hydrogen) atoms. The van der Waals surface area contributed by atoms with Gasteiger partial charge in [-0.15, -0.1) is 5.10 Å². The van der Waals surface area contributed by atoms with E-state index in [0.29, 0.717) is 17.7 Å². The second-order valence-corrected chi connectivity index (χ2v) is 11.9. The summed E-state index contributed by atoms with van der Waals surface area (Å²) in [7, 11) is 0. The molecule has 2 aromatic rings. The van der Waals surface area contributed by atoms with Gasteiger partial charge in [-0.25, -0.2) is 4.68 Å². The van der Waals surface area contributed by atoms with Crippen molar-refractivity contribution in [1.29, 1.82) is 0 Å². The van der Waals surface area contributed by atoms with Gasteiger partial charge in [0.05, 0.1) is 12.0 Å². The van der Waals surface area contributed by atoms with E-state index in [9.17, 15) is 4.79 Å². The molecule has 1 heterocycles. The summed E-state index contributed by atoms with van der Waals surface area (Å²) in [4.78, 5) is 13.4. The van der Waals surface area contributed by atoms with Crippen molar-refractivity contribution in [3.05, 3.63) is 59.5 Å². The lowest BCUT2D eigenvalue weighted by atomic mass is 9.85. The predicted molar refractivity (Wildman–Crippen MR) is 162 cm³/mol. The Balaban J connectivity index is 1.63. The summed E-state index contributed by atoms with van der Waals surface area (Å²) in [6.45, 7) is 10.9. The first-order chi connectivity index (χ1) is 18.9. The van der Waals surface area contributed by atoms with Crippen LogP contribution < -0.4 is 5.32 Å². The number of tetrazole rings is 1. The Hall–Kier alpha value is -2.76. The van der Waals surface area contributed by atoms with Crippen molar-refractivity contribution < 1.29 is 4.79 Å². The number of hydrogen-bond acceptors (Lipinski definition) is 4. The van der Waals surface area contributed by atoms with Gasteiger partial charge in [0.2, 0.25) is 5.91 Å². The molecule has 1 aromatic heterocycles. The van der Waals surface area contributed by atoms with E-state index in [1.54, 1.807) is 0 Å². The van der Waals surface area contributed by atoms with Gasteiger partial charge in [0.25, 0.3) is 0 Å². The number of hydrogen-bond donors (Lipinski definition) is 1. The number of aromatic nitrogens is 4. The van der Waals surface area contributed by atoms with Gasteiger partial charge in [-0.1, -0.05) is 141 Å². The van der Waals surface area contributed by atoms with Gasteiger partial charge in [-0.05, 0) is 46.2 Å². The number of nitrogens with zero attached hydrogens (tertiary/aromatic N) is 4. The van der Waals surface area contributed by atoms with Gasteiger partial charge >= 0.3 is 0 Å². The molecule has 1 aliphatic rings. The maximum Gasteiger partial charge on any atom is 0.232 e. The lowest BCUT2D eigenvalue weighted by Crippen LogP contribution is -2.35. The van der Waals surface area contributed by atoms with E-state index in [0.717, 1.165) is 36.1 Å². The molecule has 0 fully saturated rings. The second kappa shape index (κ2) is 15.7. The summed E-state index contributed by atoms with van der Waals surface area (Å²) in [6.07, 6.45) is 23.7. The van der Waals surface area contributed by atoms with Crippen LogP contribution in [0.5, 0.6) is 0 Å². The molecule has 1 unspecified atom stereocenters. The monoisotopic (exact) mass is 533 g/mol. The molecule has 0 saturated carbocycles. The summed E-state index contributed by atoms with van der Waals surface area (Å²) >= 11 is 0. The molecule has 214 valence electrons. The van der Waals surface area contributed by atoms with Crippen LogP contribution in [0, 0.1) is 0 Å². The van der Waals surface area contributed by atoms with Crippen molar-refractivity contribution in [3.63, 3.8) is 0 Å². The fourth-order valence-corrected chi connectivity index (χ4v) is 5.70. The molecular weight excluding hydrogens is 482 g/mol. The van der Waals surface area contributed by atoms with Crippen molar-refractivity contribution >= 4 is 11.6 Å². The minimum Gasteiger partial charge on any atom is -0.325 e. The SMILES string of the molecule is CCCCCCCCCCCCC1(n2nnnc2CC(=O)Nc2c(C(C)C)cccc2C(C)C)C=CC=CC1. The second-order valence-electron chi connectivity index (χ2n) is 11.9. The van der Waals surface area contributed by atoms with E-state index in [2.05, 4.69) is 98.0 Å². The van der Waals surface area contributed by atoms with Gasteiger partial charge in [0.15, 0.2) is 5.82 Å². The zero-order valence-electron chi connectivity index (χ0n) is 25.1. The minimum atomic E-state index is -0.313. The number of benzene rings is 1. The lowest BCUT2D eigenvalue weighted by Gasteiger charge is -2.32. The van der Waals surface area contributed by atoms with Crippen LogP contribution in [0.15, 0.2) is 42.5 Å². The number of allylic oxidation sites excluding steroid dienone is 4. The summed E-state index contributed by atoms with van der Waals surface area (Å²) in [6, 6.07) is 6.30. The molecule has 0 saturated heterocycles. The fourth-order valence-electron chi connectivity index (χ4n) is 5.70. The highest BCUT2D eigenvalue weighted by molar-refractivity contribution is 5.93. The number of rotatable bonds is 17. The Bertz CT molecular complexity index is 1060. The fraction of sp³-hybridized carbons (Fsp3) is 0.636. The molecular formula is C33H51N5O. The molecule has 1 atom stereocenters. The average molecular weight is 534 g/mol. The Kier molecular flexibility index (Phi) is 12.4. The highest BCUT2D eigenvalue weighted by Crippen LogP contribution is 2.34. The predicted octanol–water partition coefficient (Wildman–Crippen LogP) is 8.62. The molecule has 0 bridgehead atoms. The van der Waals surface area contributed by atoms with Gasteiger partial charge in [-0.2, -0.15) is 0 Å². The zero-order chi connectivity index (χ0) is 28.1. The number of unbranched alkanes of at least 4 members (excludes halogenated alkanes) is 9. The van der Waals surface area contributed by atoms with E-state index < -0.39 is 0 Å². The third-order valence-corrected chi connectivity index (χ3v) is 8.00. The van der Waals surface area contributed by atoms with Crippen LogP contribution in [0.3, 0.4) is 0 Å². The average Bonchev–Trinajstić information content (AvgIpc) is 3.38. The van der Waals surface area contributed by atoms with Crippen LogP contribution in [0.4, 0.5) is 5.69 Å². The van der Waals surface area contributed by atoms with Crippen molar-refractivity contribution in [2.75, 3.05) is 5.32 Å². The Morgan fingerprint density at radius 1 is 0.923 bits per heavy atom. The normalized spacial score (nSPS) is 16.9. The summed E-state index contributed by atoms with van der Waals surface area (Å²) < 4.78 is 1.91. The van der Waals surface area contributed by atoms with Gasteiger partial charge in [-0.3, -0.25) is 4.79 Å². The number of anilines is 1. The van der Waals surface area contributed by atoms with Crippen molar-refractivity contribution in [2.24, 2.45) is 0 Å². The Morgan fingerprint density at radius 2 is 1.54 bits per heavy atom. The molecule has 6 heteroatoms. The number of carbonyl (C=O) groups excluding carboxylic acids is 1. The Labute approximate surface area is 236 Å². The van der Waals surface area contributed by atoms with E-state index in [1.165, 1.54) is 57.8 Å². The molecule has 0 radical (unpaired) electrons. The smallest absolute Gasteiger partial charge is 0.232 e. The van der Waals surface area contributed by atoms with Crippen molar-refractivity contribution in [1.82, 2.24) is 20.2 Å². The third-order valence-electron chi connectivity index (χ3n) is 8.00. The molecule has 1 amide bonds. The quantitative estimate of drug-likeness (QED) is 0.207.